The van der Waals surface area contributed by atoms with Crippen molar-refractivity contribution in [3.63, 3.8) is 0 Å². The number of nitrogens with zero attached hydrogens (tertiary/aromatic N) is 3. The van der Waals surface area contributed by atoms with Crippen molar-refractivity contribution in [1.29, 1.82) is 0 Å². The first-order valence-corrected chi connectivity index (χ1v) is 10.9. The molecule has 0 saturated carbocycles. The topological polar surface area (TPSA) is 116 Å². The molecule has 4 heterocycles. The average Bonchev–Trinajstić information content (AvgIpc) is 3.47. The van der Waals surface area contributed by atoms with Gasteiger partial charge in [-0.25, -0.2) is 4.98 Å². The molecule has 16 heteroatoms. The first-order valence-electron chi connectivity index (χ1n) is 9.66. The summed E-state index contributed by atoms with van der Waals surface area (Å²) in [5, 5.41) is 4.90. The minimum atomic E-state index is -4.87. The molecule has 4 aromatic heterocycles. The number of aromatic nitrogens is 3. The minimum absolute atomic E-state index is 0.0262. The molecule has 0 radical (unpaired) electrons. The molecule has 0 aliphatic rings. The van der Waals surface area contributed by atoms with Crippen molar-refractivity contribution in [2.75, 3.05) is 5.32 Å². The Balaban J connectivity index is 1.82. The Kier molecular flexibility index (Phi) is 6.24. The van der Waals surface area contributed by atoms with Gasteiger partial charge in [0.2, 0.25) is 5.91 Å². The van der Waals surface area contributed by atoms with E-state index in [1.165, 1.54) is 25.3 Å². The fourth-order valence-electron chi connectivity index (χ4n) is 3.34. The zero-order chi connectivity index (χ0) is 26.6. The van der Waals surface area contributed by atoms with Crippen molar-refractivity contribution in [2.45, 2.75) is 25.8 Å². The van der Waals surface area contributed by atoms with E-state index in [4.69, 9.17) is 21.8 Å². The molecule has 2 amide bonds. The molecular formula is C20H12ClF6N5O3S. The number of anilines is 1. The molecule has 0 atom stereocenters. The van der Waals surface area contributed by atoms with Crippen LogP contribution in [0.25, 0.3) is 21.5 Å². The summed E-state index contributed by atoms with van der Waals surface area (Å²) in [7, 11) is 0. The molecular weight excluding hydrogens is 540 g/mol. The second-order valence-electron chi connectivity index (χ2n) is 7.33. The lowest BCUT2D eigenvalue weighted by atomic mass is 10.1. The number of halogens is 7. The van der Waals surface area contributed by atoms with Crippen LogP contribution in [0.3, 0.4) is 0 Å². The number of furan rings is 1. The first kappa shape index (κ1) is 25.5. The number of hydrogen-bond donors (Lipinski definition) is 2. The van der Waals surface area contributed by atoms with Gasteiger partial charge in [-0.05, 0) is 25.1 Å². The molecule has 0 fully saturated rings. The number of carbonyl (C=O) groups excluding carboxylic acids is 2. The van der Waals surface area contributed by atoms with E-state index >= 15 is 0 Å². The Morgan fingerprint density at radius 3 is 2.44 bits per heavy atom. The maximum Gasteiger partial charge on any atom is 0.436 e. The zero-order valence-electron chi connectivity index (χ0n) is 17.7. The summed E-state index contributed by atoms with van der Waals surface area (Å²) in [6.07, 6.45) is -8.51. The number of rotatable bonds is 5. The van der Waals surface area contributed by atoms with Gasteiger partial charge in [0.05, 0.1) is 22.7 Å². The quantitative estimate of drug-likeness (QED) is 0.318. The smallest absolute Gasteiger partial charge is 0.436 e. The predicted octanol–water partition coefficient (Wildman–Crippen LogP) is 5.49. The number of alkyl halides is 6. The molecule has 0 saturated heterocycles. The number of amides is 2. The summed E-state index contributed by atoms with van der Waals surface area (Å²) in [6, 6.07) is 3.45. The Morgan fingerprint density at radius 2 is 1.92 bits per heavy atom. The molecule has 0 spiro atoms. The monoisotopic (exact) mass is 551 g/mol. The molecule has 0 aliphatic carbocycles. The number of thiophene rings is 1. The van der Waals surface area contributed by atoms with Crippen LogP contribution in [-0.4, -0.2) is 26.6 Å². The van der Waals surface area contributed by atoms with Crippen LogP contribution in [0.5, 0.6) is 0 Å². The summed E-state index contributed by atoms with van der Waals surface area (Å²) < 4.78 is 85.6. The Labute approximate surface area is 205 Å². The second-order valence-corrected chi connectivity index (χ2v) is 8.71. The van der Waals surface area contributed by atoms with Gasteiger partial charge >= 0.3 is 12.4 Å². The minimum Gasteiger partial charge on any atom is -0.464 e. The second kappa shape index (κ2) is 8.81. The third-order valence-electron chi connectivity index (χ3n) is 4.92. The van der Waals surface area contributed by atoms with Crippen molar-refractivity contribution >= 4 is 50.7 Å². The molecule has 0 bridgehead atoms. The van der Waals surface area contributed by atoms with E-state index in [2.05, 4.69) is 15.4 Å². The number of primary amides is 1. The third-order valence-corrected chi connectivity index (χ3v) is 6.47. The Hall–Kier alpha value is -3.59. The van der Waals surface area contributed by atoms with Crippen LogP contribution in [-0.2, 0) is 23.7 Å². The van der Waals surface area contributed by atoms with Gasteiger partial charge in [-0.15, -0.1) is 11.3 Å². The molecule has 3 N–H and O–H groups in total. The van der Waals surface area contributed by atoms with Gasteiger partial charge in [0.1, 0.15) is 27.7 Å². The molecule has 0 aromatic carbocycles. The third kappa shape index (κ3) is 4.63. The van der Waals surface area contributed by atoms with Crippen LogP contribution in [0.2, 0.25) is 5.02 Å². The Bertz CT molecular complexity index is 1490. The fourth-order valence-corrected chi connectivity index (χ4v) is 4.59. The van der Waals surface area contributed by atoms with Gasteiger partial charge in [-0.1, -0.05) is 11.6 Å². The summed E-state index contributed by atoms with van der Waals surface area (Å²) in [5.74, 6) is -2.06. The maximum absolute atomic E-state index is 13.5. The summed E-state index contributed by atoms with van der Waals surface area (Å²) in [4.78, 5) is 27.8. The van der Waals surface area contributed by atoms with Crippen molar-refractivity contribution in [3.05, 3.63) is 51.4 Å². The van der Waals surface area contributed by atoms with Gasteiger partial charge in [0.15, 0.2) is 5.69 Å². The van der Waals surface area contributed by atoms with Crippen molar-refractivity contribution in [2.24, 2.45) is 5.73 Å². The normalized spacial score (nSPS) is 12.3. The number of nitrogens with two attached hydrogens (primary N) is 1. The van der Waals surface area contributed by atoms with E-state index in [1.807, 2.05) is 0 Å². The Morgan fingerprint density at radius 1 is 1.22 bits per heavy atom. The molecule has 4 rings (SSSR count). The number of nitrogens with one attached hydrogen (secondary N) is 1. The van der Waals surface area contributed by atoms with Crippen molar-refractivity contribution in [3.8, 4) is 11.3 Å². The van der Waals surface area contributed by atoms with Gasteiger partial charge in [-0.2, -0.15) is 31.4 Å². The van der Waals surface area contributed by atoms with E-state index in [1.54, 1.807) is 0 Å². The van der Waals surface area contributed by atoms with E-state index in [9.17, 15) is 35.9 Å². The van der Waals surface area contributed by atoms with Crippen molar-refractivity contribution < 1.29 is 40.3 Å². The lowest BCUT2D eigenvalue weighted by molar-refractivity contribution is -0.142. The van der Waals surface area contributed by atoms with E-state index in [-0.39, 0.29) is 37.8 Å². The highest BCUT2D eigenvalue weighted by molar-refractivity contribution is 7.21. The van der Waals surface area contributed by atoms with Gasteiger partial charge in [0, 0.05) is 10.9 Å². The highest BCUT2D eigenvalue weighted by atomic mass is 35.5. The lowest BCUT2D eigenvalue weighted by Crippen LogP contribution is -2.22. The van der Waals surface area contributed by atoms with E-state index in [0.717, 1.165) is 0 Å². The maximum atomic E-state index is 13.5. The van der Waals surface area contributed by atoms with Gasteiger partial charge < -0.3 is 15.5 Å². The molecule has 0 aliphatic heterocycles. The van der Waals surface area contributed by atoms with Gasteiger partial charge in [0.25, 0.3) is 5.91 Å². The molecule has 8 nitrogen and oxygen atoms in total. The highest BCUT2D eigenvalue weighted by Crippen LogP contribution is 2.44. The summed E-state index contributed by atoms with van der Waals surface area (Å²) in [6.45, 7) is 0.450. The van der Waals surface area contributed by atoms with Crippen molar-refractivity contribution in [1.82, 2.24) is 14.8 Å². The summed E-state index contributed by atoms with van der Waals surface area (Å²) in [5.41, 5.74) is 2.14. The first-order chi connectivity index (χ1) is 16.7. The molecule has 36 heavy (non-hydrogen) atoms. The molecule has 0 unspecified atom stereocenters. The molecule has 190 valence electrons. The fraction of sp³-hybridized carbons (Fsp3) is 0.200. The average molecular weight is 552 g/mol. The van der Waals surface area contributed by atoms with Crippen LogP contribution in [0.4, 0.5) is 32.0 Å². The van der Waals surface area contributed by atoms with Crippen LogP contribution >= 0.6 is 22.9 Å². The van der Waals surface area contributed by atoms with E-state index < -0.39 is 47.1 Å². The van der Waals surface area contributed by atoms with Gasteiger partial charge in [-0.3, -0.25) is 14.3 Å². The van der Waals surface area contributed by atoms with Crippen LogP contribution in [0, 0.1) is 6.92 Å². The predicted molar refractivity (Wildman–Crippen MR) is 116 cm³/mol. The zero-order valence-corrected chi connectivity index (χ0v) is 19.3. The molecule has 4 aromatic rings. The van der Waals surface area contributed by atoms with Crippen LogP contribution < -0.4 is 11.1 Å². The van der Waals surface area contributed by atoms with E-state index in [0.29, 0.717) is 22.1 Å². The standard InChI is InChI=1S/C20H12ClF6N5O3S/c1-7-13(21)16(20(25,26)27)31-32(7)6-11(33)30-14-12-8(9-3-2-4-35-9)5-10(19(22,23)24)29-18(12)36-15(14)17(28)34/h2-5H,6H2,1H3,(H2,28,34)(H,30,33). The van der Waals surface area contributed by atoms with Crippen LogP contribution in [0.15, 0.2) is 28.9 Å². The highest BCUT2D eigenvalue weighted by Gasteiger charge is 2.39. The number of pyridine rings is 1. The lowest BCUT2D eigenvalue weighted by Gasteiger charge is -2.11. The van der Waals surface area contributed by atoms with Crippen LogP contribution in [0.1, 0.15) is 26.8 Å². The summed E-state index contributed by atoms with van der Waals surface area (Å²) >= 11 is 6.19. The SMILES string of the molecule is Cc1c(Cl)c(C(F)(F)F)nn1CC(=O)Nc1c(C(N)=O)sc2nc(C(F)(F)F)cc(-c3ccco3)c12. The number of fused-ring (bicyclic) bond motifs is 1. The number of carbonyl (C=O) groups is 2. The largest absolute Gasteiger partial charge is 0.464 e. The number of hydrogen-bond acceptors (Lipinski definition) is 6.